The van der Waals surface area contributed by atoms with E-state index in [2.05, 4.69) is 12.2 Å². The topological polar surface area (TPSA) is 32.3 Å². The van der Waals surface area contributed by atoms with Crippen LogP contribution in [0.4, 0.5) is 10.1 Å². The maximum atomic E-state index is 13.7. The van der Waals surface area contributed by atoms with Gasteiger partial charge in [-0.25, -0.2) is 4.39 Å². The van der Waals surface area contributed by atoms with E-state index in [-0.39, 0.29) is 23.5 Å². The molecular formula is C14H19FN2OS. The molecule has 1 aromatic rings. The Morgan fingerprint density at radius 1 is 1.47 bits per heavy atom. The lowest BCUT2D eigenvalue weighted by atomic mass is 10.1. The number of thioether (sulfide) groups is 1. The molecule has 1 aromatic carbocycles. The number of rotatable bonds is 2. The molecule has 0 spiro atoms. The molecule has 1 aliphatic rings. The fourth-order valence-corrected chi connectivity index (χ4v) is 3.43. The number of hydrogen-bond donors (Lipinski definition) is 1. The molecule has 1 N–H and O–H groups in total. The molecule has 1 heterocycles. The zero-order valence-electron chi connectivity index (χ0n) is 11.4. The number of hydrogen-bond acceptors (Lipinski definition) is 3. The fourth-order valence-electron chi connectivity index (χ4n) is 2.33. The minimum atomic E-state index is -0.388. The van der Waals surface area contributed by atoms with Crippen molar-refractivity contribution in [3.63, 3.8) is 0 Å². The molecule has 104 valence electrons. The summed E-state index contributed by atoms with van der Waals surface area (Å²) >= 11 is 1.87. The number of benzene rings is 1. The van der Waals surface area contributed by atoms with Crippen molar-refractivity contribution in [3.8, 4) is 0 Å². The van der Waals surface area contributed by atoms with E-state index in [1.807, 2.05) is 23.6 Å². The van der Waals surface area contributed by atoms with Crippen LogP contribution in [0.3, 0.4) is 0 Å². The second-order valence-corrected chi connectivity index (χ2v) is 6.21. The third-order valence-corrected chi connectivity index (χ3v) is 4.98. The molecule has 5 heteroatoms. The Morgan fingerprint density at radius 2 is 2.21 bits per heavy atom. The summed E-state index contributed by atoms with van der Waals surface area (Å²) in [6.07, 6.45) is 0. The van der Waals surface area contributed by atoms with Gasteiger partial charge in [0.05, 0.1) is 11.3 Å². The van der Waals surface area contributed by atoms with Gasteiger partial charge >= 0.3 is 0 Å². The van der Waals surface area contributed by atoms with Crippen LogP contribution < -0.4 is 5.32 Å². The zero-order chi connectivity index (χ0) is 14.0. The first kappa shape index (κ1) is 14.2. The fraction of sp³-hybridized carbons (Fsp3) is 0.500. The van der Waals surface area contributed by atoms with E-state index in [1.165, 1.54) is 6.07 Å². The van der Waals surface area contributed by atoms with Gasteiger partial charge in [0.1, 0.15) is 5.82 Å². The van der Waals surface area contributed by atoms with Crippen molar-refractivity contribution in [3.05, 3.63) is 29.6 Å². The first-order chi connectivity index (χ1) is 9.06. The average molecular weight is 282 g/mol. The molecule has 1 amide bonds. The molecule has 0 aliphatic carbocycles. The van der Waals surface area contributed by atoms with E-state index in [9.17, 15) is 9.18 Å². The molecule has 3 nitrogen and oxygen atoms in total. The molecule has 1 saturated heterocycles. The molecule has 2 rings (SSSR count). The van der Waals surface area contributed by atoms with Crippen LogP contribution in [0.15, 0.2) is 18.2 Å². The summed E-state index contributed by atoms with van der Waals surface area (Å²) in [6, 6.07) is 4.78. The molecule has 19 heavy (non-hydrogen) atoms. The Balaban J connectivity index is 2.31. The van der Waals surface area contributed by atoms with Gasteiger partial charge in [-0.2, -0.15) is 11.8 Å². The third kappa shape index (κ3) is 2.71. The molecule has 2 atom stereocenters. The Morgan fingerprint density at radius 3 is 2.89 bits per heavy atom. The maximum Gasteiger partial charge on any atom is 0.256 e. The maximum absolute atomic E-state index is 13.7. The summed E-state index contributed by atoms with van der Waals surface area (Å²) in [4.78, 5) is 14.4. The number of nitrogens with one attached hydrogen (secondary N) is 1. The van der Waals surface area contributed by atoms with Crippen molar-refractivity contribution >= 4 is 23.4 Å². The standard InChI is InChI=1S/C14H19FN2OS/c1-9-10(2)19-8-7-17(9)14(18)11-5-4-6-12(15)13(11)16-3/h4-6,9-10,16H,7-8H2,1-3H3. The van der Waals surface area contributed by atoms with E-state index in [1.54, 1.807) is 19.2 Å². The molecule has 0 saturated carbocycles. The van der Waals surface area contributed by atoms with E-state index < -0.39 is 0 Å². The van der Waals surface area contributed by atoms with Crippen LogP contribution in [-0.2, 0) is 0 Å². The Hall–Kier alpha value is -1.23. The lowest BCUT2D eigenvalue weighted by Crippen LogP contribution is -2.48. The van der Waals surface area contributed by atoms with Crippen LogP contribution in [0.2, 0.25) is 0 Å². The van der Waals surface area contributed by atoms with E-state index in [4.69, 9.17) is 0 Å². The van der Waals surface area contributed by atoms with Gasteiger partial charge in [0, 0.05) is 30.6 Å². The molecular weight excluding hydrogens is 263 g/mol. The predicted octanol–water partition coefficient (Wildman–Crippen LogP) is 2.83. The summed E-state index contributed by atoms with van der Waals surface area (Å²) in [5.74, 6) is 0.450. The lowest BCUT2D eigenvalue weighted by molar-refractivity contribution is 0.0699. The molecule has 1 aliphatic heterocycles. The van der Waals surface area contributed by atoms with Crippen molar-refractivity contribution < 1.29 is 9.18 Å². The molecule has 0 aromatic heterocycles. The van der Waals surface area contributed by atoms with E-state index in [0.717, 1.165) is 5.75 Å². The lowest BCUT2D eigenvalue weighted by Gasteiger charge is -2.37. The largest absolute Gasteiger partial charge is 0.385 e. The Bertz CT molecular complexity index is 481. The highest BCUT2D eigenvalue weighted by Crippen LogP contribution is 2.28. The van der Waals surface area contributed by atoms with Gasteiger partial charge in [-0.3, -0.25) is 4.79 Å². The van der Waals surface area contributed by atoms with Gasteiger partial charge in [-0.1, -0.05) is 13.0 Å². The number of anilines is 1. The number of para-hydroxylation sites is 1. The first-order valence-electron chi connectivity index (χ1n) is 6.45. The smallest absolute Gasteiger partial charge is 0.256 e. The molecule has 0 radical (unpaired) electrons. The summed E-state index contributed by atoms with van der Waals surface area (Å²) in [5, 5.41) is 3.19. The number of carbonyl (C=O) groups excluding carboxylic acids is 1. The van der Waals surface area contributed by atoms with Gasteiger partial charge in [0.25, 0.3) is 5.91 Å². The quantitative estimate of drug-likeness (QED) is 0.905. The van der Waals surface area contributed by atoms with Crippen LogP contribution in [0.1, 0.15) is 24.2 Å². The minimum Gasteiger partial charge on any atom is -0.385 e. The number of carbonyl (C=O) groups is 1. The number of halogens is 1. The van der Waals surface area contributed by atoms with Gasteiger partial charge in [-0.05, 0) is 19.1 Å². The average Bonchev–Trinajstić information content (AvgIpc) is 2.41. The zero-order valence-corrected chi connectivity index (χ0v) is 12.3. The first-order valence-corrected chi connectivity index (χ1v) is 7.50. The Labute approximate surface area is 117 Å². The predicted molar refractivity (Wildman–Crippen MR) is 78.4 cm³/mol. The molecule has 2 unspecified atom stereocenters. The van der Waals surface area contributed by atoms with Crippen molar-refractivity contribution in [2.45, 2.75) is 25.1 Å². The van der Waals surface area contributed by atoms with Crippen LogP contribution in [0.5, 0.6) is 0 Å². The highest BCUT2D eigenvalue weighted by Gasteiger charge is 2.30. The van der Waals surface area contributed by atoms with E-state index >= 15 is 0 Å². The van der Waals surface area contributed by atoms with E-state index in [0.29, 0.717) is 17.4 Å². The number of nitrogens with zero attached hydrogens (tertiary/aromatic N) is 1. The van der Waals surface area contributed by atoms with Gasteiger partial charge in [-0.15, -0.1) is 0 Å². The highest BCUT2D eigenvalue weighted by atomic mass is 32.2. The van der Waals surface area contributed by atoms with Gasteiger partial charge < -0.3 is 10.2 Å². The molecule has 1 fully saturated rings. The summed E-state index contributed by atoms with van der Waals surface area (Å²) in [6.45, 7) is 4.89. The summed E-state index contributed by atoms with van der Waals surface area (Å²) in [5.41, 5.74) is 0.694. The SMILES string of the molecule is CNc1c(F)cccc1C(=O)N1CCSC(C)C1C. The van der Waals surface area contributed by atoms with Gasteiger partial charge in [0.2, 0.25) is 0 Å². The normalized spacial score (nSPS) is 23.3. The minimum absolute atomic E-state index is 0.0940. The van der Waals surface area contributed by atoms with Crippen molar-refractivity contribution in [2.24, 2.45) is 0 Å². The van der Waals surface area contributed by atoms with Crippen LogP contribution >= 0.6 is 11.8 Å². The van der Waals surface area contributed by atoms with Crippen molar-refractivity contribution in [1.29, 1.82) is 0 Å². The van der Waals surface area contributed by atoms with Crippen LogP contribution in [-0.4, -0.2) is 41.4 Å². The second kappa shape index (κ2) is 5.82. The van der Waals surface area contributed by atoms with Crippen LogP contribution in [0, 0.1) is 5.82 Å². The molecule has 0 bridgehead atoms. The summed E-state index contributed by atoms with van der Waals surface area (Å²) < 4.78 is 13.7. The van der Waals surface area contributed by atoms with Gasteiger partial charge in [0.15, 0.2) is 0 Å². The van der Waals surface area contributed by atoms with Crippen molar-refractivity contribution in [1.82, 2.24) is 4.90 Å². The van der Waals surface area contributed by atoms with Crippen molar-refractivity contribution in [2.75, 3.05) is 24.7 Å². The highest BCUT2D eigenvalue weighted by molar-refractivity contribution is 8.00. The number of amides is 1. The second-order valence-electron chi connectivity index (χ2n) is 4.73. The Kier molecular flexibility index (Phi) is 4.34. The summed E-state index contributed by atoms with van der Waals surface area (Å²) in [7, 11) is 1.63. The monoisotopic (exact) mass is 282 g/mol. The third-order valence-electron chi connectivity index (χ3n) is 3.64. The van der Waals surface area contributed by atoms with Crippen LogP contribution in [0.25, 0.3) is 0 Å².